The Morgan fingerprint density at radius 1 is 1.22 bits per heavy atom. The summed E-state index contributed by atoms with van der Waals surface area (Å²) in [5.41, 5.74) is 5.92. The normalized spacial score (nSPS) is 20.8. The highest BCUT2D eigenvalue weighted by atomic mass is 16.5. The van der Waals surface area contributed by atoms with E-state index in [1.807, 2.05) is 18.5 Å². The zero-order valence-corrected chi connectivity index (χ0v) is 15.6. The second-order valence-electron chi connectivity index (χ2n) is 7.71. The number of pyridine rings is 1. The topological polar surface area (TPSA) is 37.7 Å². The minimum Gasteiger partial charge on any atom is -0.490 e. The van der Waals surface area contributed by atoms with E-state index in [2.05, 4.69) is 40.2 Å². The standard InChI is InChI=1S/C23H25N3O/c1-4-20(15-24-9-1)23-19(3-2-10-25-23)13-18-7-8-21-22(14-18)27-12-11-26(21)16-17-5-6-17/h1,4,7-9,13-15,17H,2-3,5-6,10-12,16H2/b19-13+. The quantitative estimate of drug-likeness (QED) is 0.814. The van der Waals surface area contributed by atoms with Crippen LogP contribution in [0, 0.1) is 5.92 Å². The van der Waals surface area contributed by atoms with Gasteiger partial charge >= 0.3 is 0 Å². The van der Waals surface area contributed by atoms with E-state index in [9.17, 15) is 0 Å². The van der Waals surface area contributed by atoms with Crippen LogP contribution >= 0.6 is 0 Å². The SMILES string of the molecule is C(=C1/CCCN=C1c1cccnc1)/c1ccc2c(c1)OCCN2CC1CC1. The third-order valence-electron chi connectivity index (χ3n) is 5.57. The van der Waals surface area contributed by atoms with Gasteiger partial charge in [-0.15, -0.1) is 0 Å². The van der Waals surface area contributed by atoms with Gasteiger partial charge in [0.15, 0.2) is 0 Å². The van der Waals surface area contributed by atoms with Crippen LogP contribution in [0.4, 0.5) is 5.69 Å². The molecule has 1 aromatic heterocycles. The van der Waals surface area contributed by atoms with Crippen LogP contribution in [-0.2, 0) is 0 Å². The molecule has 3 heterocycles. The molecule has 2 aliphatic heterocycles. The molecular formula is C23H25N3O. The van der Waals surface area contributed by atoms with Gasteiger partial charge in [0, 0.05) is 31.0 Å². The van der Waals surface area contributed by atoms with Crippen molar-refractivity contribution in [1.29, 1.82) is 0 Å². The van der Waals surface area contributed by atoms with Crippen molar-refractivity contribution in [2.75, 3.05) is 31.1 Å². The summed E-state index contributed by atoms with van der Waals surface area (Å²) >= 11 is 0. The maximum Gasteiger partial charge on any atom is 0.143 e. The lowest BCUT2D eigenvalue weighted by Gasteiger charge is -2.31. The van der Waals surface area contributed by atoms with E-state index in [0.29, 0.717) is 0 Å². The van der Waals surface area contributed by atoms with Crippen molar-refractivity contribution >= 4 is 17.5 Å². The molecule has 4 heteroatoms. The number of nitrogens with zero attached hydrogens (tertiary/aromatic N) is 3. The molecule has 27 heavy (non-hydrogen) atoms. The molecule has 0 saturated heterocycles. The fraction of sp³-hybridized carbons (Fsp3) is 0.391. The van der Waals surface area contributed by atoms with Gasteiger partial charge in [0.25, 0.3) is 0 Å². The van der Waals surface area contributed by atoms with Gasteiger partial charge in [-0.25, -0.2) is 0 Å². The smallest absolute Gasteiger partial charge is 0.143 e. The Morgan fingerprint density at radius 3 is 3.04 bits per heavy atom. The van der Waals surface area contributed by atoms with Crippen LogP contribution in [0.1, 0.15) is 36.8 Å². The highest BCUT2D eigenvalue weighted by Crippen LogP contribution is 2.37. The summed E-state index contributed by atoms with van der Waals surface area (Å²) in [5.74, 6) is 1.91. The van der Waals surface area contributed by atoms with Crippen LogP contribution in [0.15, 0.2) is 53.3 Å². The van der Waals surface area contributed by atoms with Gasteiger partial charge in [-0.3, -0.25) is 9.98 Å². The van der Waals surface area contributed by atoms with Crippen molar-refractivity contribution in [2.24, 2.45) is 10.9 Å². The molecule has 3 aliphatic rings. The van der Waals surface area contributed by atoms with E-state index < -0.39 is 0 Å². The zero-order chi connectivity index (χ0) is 18.1. The summed E-state index contributed by atoms with van der Waals surface area (Å²) in [6.07, 6.45) is 10.9. The lowest BCUT2D eigenvalue weighted by atomic mass is 9.94. The summed E-state index contributed by atoms with van der Waals surface area (Å²) in [7, 11) is 0. The highest BCUT2D eigenvalue weighted by Gasteiger charge is 2.27. The molecule has 0 bridgehead atoms. The van der Waals surface area contributed by atoms with Crippen LogP contribution in [0.5, 0.6) is 5.75 Å². The molecule has 1 fully saturated rings. The summed E-state index contributed by atoms with van der Waals surface area (Å²) in [6, 6.07) is 10.7. The highest BCUT2D eigenvalue weighted by molar-refractivity contribution is 6.15. The van der Waals surface area contributed by atoms with Gasteiger partial charge in [0.1, 0.15) is 12.4 Å². The van der Waals surface area contributed by atoms with Crippen LogP contribution in [0.2, 0.25) is 0 Å². The molecule has 0 spiro atoms. The van der Waals surface area contributed by atoms with Gasteiger partial charge in [-0.1, -0.05) is 6.07 Å². The Kier molecular flexibility index (Phi) is 4.40. The van der Waals surface area contributed by atoms with Gasteiger partial charge in [0.05, 0.1) is 17.9 Å². The summed E-state index contributed by atoms with van der Waals surface area (Å²) in [6.45, 7) is 3.85. The molecule has 0 unspecified atom stereocenters. The molecule has 0 atom stereocenters. The average Bonchev–Trinajstić information content (AvgIpc) is 3.53. The van der Waals surface area contributed by atoms with Crippen molar-refractivity contribution in [3.63, 3.8) is 0 Å². The van der Waals surface area contributed by atoms with Gasteiger partial charge in [0.2, 0.25) is 0 Å². The lowest BCUT2D eigenvalue weighted by Crippen LogP contribution is -2.34. The third kappa shape index (κ3) is 3.61. The van der Waals surface area contributed by atoms with Crippen LogP contribution in [0.25, 0.3) is 6.08 Å². The van der Waals surface area contributed by atoms with Crippen molar-refractivity contribution in [3.05, 3.63) is 59.4 Å². The molecule has 1 aromatic carbocycles. The number of fused-ring (bicyclic) bond motifs is 1. The van der Waals surface area contributed by atoms with Crippen LogP contribution in [0.3, 0.4) is 0 Å². The molecule has 0 radical (unpaired) electrons. The Morgan fingerprint density at radius 2 is 2.19 bits per heavy atom. The Hall–Kier alpha value is -2.62. The number of hydrogen-bond donors (Lipinski definition) is 0. The minimum absolute atomic E-state index is 0.780. The number of ether oxygens (including phenoxy) is 1. The monoisotopic (exact) mass is 359 g/mol. The number of allylic oxidation sites excluding steroid dienone is 1. The van der Waals surface area contributed by atoms with Crippen molar-refractivity contribution < 1.29 is 4.74 Å². The molecule has 0 amide bonds. The van der Waals surface area contributed by atoms with E-state index in [0.717, 1.165) is 55.5 Å². The maximum absolute atomic E-state index is 5.99. The summed E-state index contributed by atoms with van der Waals surface area (Å²) in [5, 5.41) is 0. The van der Waals surface area contributed by atoms with Crippen molar-refractivity contribution in [2.45, 2.75) is 25.7 Å². The molecule has 0 N–H and O–H groups in total. The molecular weight excluding hydrogens is 334 g/mol. The van der Waals surface area contributed by atoms with E-state index in [-0.39, 0.29) is 0 Å². The second kappa shape index (κ2) is 7.18. The second-order valence-corrected chi connectivity index (χ2v) is 7.71. The fourth-order valence-electron chi connectivity index (χ4n) is 3.99. The number of anilines is 1. The first kappa shape index (κ1) is 16.5. The van der Waals surface area contributed by atoms with E-state index in [1.54, 1.807) is 0 Å². The molecule has 1 aliphatic carbocycles. The van der Waals surface area contributed by atoms with Crippen LogP contribution in [-0.4, -0.2) is 36.9 Å². The number of rotatable bonds is 4. The fourth-order valence-corrected chi connectivity index (χ4v) is 3.99. The summed E-state index contributed by atoms with van der Waals surface area (Å²) < 4.78 is 5.99. The number of benzene rings is 1. The van der Waals surface area contributed by atoms with E-state index >= 15 is 0 Å². The first-order chi connectivity index (χ1) is 13.4. The van der Waals surface area contributed by atoms with Crippen molar-refractivity contribution in [1.82, 2.24) is 4.98 Å². The predicted octanol–water partition coefficient (Wildman–Crippen LogP) is 4.36. The summed E-state index contributed by atoms with van der Waals surface area (Å²) in [4.78, 5) is 11.5. The first-order valence-corrected chi connectivity index (χ1v) is 10.0. The number of hydrogen-bond acceptors (Lipinski definition) is 4. The number of aromatic nitrogens is 1. The van der Waals surface area contributed by atoms with E-state index in [1.165, 1.54) is 36.2 Å². The molecule has 1 saturated carbocycles. The average molecular weight is 359 g/mol. The van der Waals surface area contributed by atoms with Crippen molar-refractivity contribution in [3.8, 4) is 5.75 Å². The maximum atomic E-state index is 5.99. The first-order valence-electron chi connectivity index (χ1n) is 10.0. The van der Waals surface area contributed by atoms with Gasteiger partial charge < -0.3 is 9.64 Å². The molecule has 5 rings (SSSR count). The molecule has 4 nitrogen and oxygen atoms in total. The minimum atomic E-state index is 0.780. The Balaban J connectivity index is 1.44. The van der Waals surface area contributed by atoms with Crippen LogP contribution < -0.4 is 9.64 Å². The van der Waals surface area contributed by atoms with Gasteiger partial charge in [-0.2, -0.15) is 0 Å². The largest absolute Gasteiger partial charge is 0.490 e. The Bertz CT molecular complexity index is 884. The predicted molar refractivity (Wildman–Crippen MR) is 110 cm³/mol. The Labute approximate surface area is 160 Å². The zero-order valence-electron chi connectivity index (χ0n) is 15.6. The third-order valence-corrected chi connectivity index (χ3v) is 5.57. The molecule has 138 valence electrons. The number of aliphatic imine (C=N–C) groups is 1. The molecule has 2 aromatic rings. The van der Waals surface area contributed by atoms with E-state index in [4.69, 9.17) is 9.73 Å². The lowest BCUT2D eigenvalue weighted by molar-refractivity contribution is 0.306. The van der Waals surface area contributed by atoms with Gasteiger partial charge in [-0.05, 0) is 73.1 Å².